The number of nitrogens with two attached hydrogens (primary N) is 1. The van der Waals surface area contributed by atoms with Crippen LogP contribution in [0.2, 0.25) is 0 Å². The largest absolute Gasteiger partial charge is 0.508 e. The molecule has 1 aliphatic rings. The molecule has 0 saturated carbocycles. The Bertz CT molecular complexity index is 5070. The van der Waals surface area contributed by atoms with Crippen molar-refractivity contribution in [1.29, 1.82) is 0 Å². The van der Waals surface area contributed by atoms with Crippen molar-refractivity contribution in [2.24, 2.45) is 17.6 Å². The van der Waals surface area contributed by atoms with E-state index >= 15 is 33.6 Å². The number of rotatable bonds is 23. The van der Waals surface area contributed by atoms with Crippen LogP contribution in [0.1, 0.15) is 100 Å². The fourth-order valence-corrected chi connectivity index (χ4v) is 16.7. The molecule has 1 saturated heterocycles. The number of phenolic OH excluding ortho intramolecular Hbond substituents is 2. The maximum Gasteiger partial charge on any atom is 0.305 e. The van der Waals surface area contributed by atoms with Gasteiger partial charge in [-0.1, -0.05) is 181 Å². The number of nitrogens with zero attached hydrogens (tertiary/aromatic N) is 5. The third-order valence-electron chi connectivity index (χ3n) is 21.9. The van der Waals surface area contributed by atoms with E-state index < -0.39 is 199 Å². The Balaban J connectivity index is 1.21. The highest BCUT2D eigenvalue weighted by Gasteiger charge is 2.42. The molecule has 0 aliphatic carbocycles. The molecule has 15 amide bonds. The average molecular weight is 1810 g/mol. The topological polar surface area (TPSA) is 484 Å². The fourth-order valence-electron chi connectivity index (χ4n) is 14.8. The molecule has 0 spiro atoms. The summed E-state index contributed by atoms with van der Waals surface area (Å²) in [6, 6.07) is 27.5. The predicted octanol–water partition coefficient (Wildman–Crippen LogP) is 3.06. The summed E-state index contributed by atoms with van der Waals surface area (Å²) >= 11 is 2.18. The minimum Gasteiger partial charge on any atom is -0.508 e. The lowest BCUT2D eigenvalue weighted by atomic mass is 9.98. The van der Waals surface area contributed by atoms with E-state index in [1.807, 2.05) is 25.1 Å². The van der Waals surface area contributed by atoms with Crippen molar-refractivity contribution in [2.75, 3.05) is 66.4 Å². The van der Waals surface area contributed by atoms with E-state index in [2.05, 4.69) is 47.9 Å². The summed E-state index contributed by atoms with van der Waals surface area (Å²) < 4.78 is 0.820. The molecule has 129 heavy (non-hydrogen) atoms. The van der Waals surface area contributed by atoms with Crippen LogP contribution in [-0.4, -0.2) is 267 Å². The molecule has 1 aliphatic heterocycles. The Hall–Kier alpha value is -13.3. The van der Waals surface area contributed by atoms with Crippen molar-refractivity contribution in [1.82, 2.24) is 72.4 Å². The molecule has 14 N–H and O–H groups in total. The number of likely N-dealkylation sites (N-methyl/N-ethyl adjacent to an activating group) is 5. The number of thiophene rings is 1. The smallest absolute Gasteiger partial charge is 0.305 e. The van der Waals surface area contributed by atoms with E-state index in [0.29, 0.717) is 46.2 Å². The monoisotopic (exact) mass is 1810 g/mol. The Labute approximate surface area is 757 Å². The highest BCUT2D eigenvalue weighted by Crippen LogP contribution is 2.28. The molecule has 1 aromatic heterocycles. The molecular formula is C93H117N15O19S2. The summed E-state index contributed by atoms with van der Waals surface area (Å²) in [6.07, 6.45) is -1.46. The Morgan fingerprint density at radius 1 is 0.457 bits per heavy atom. The van der Waals surface area contributed by atoms with Crippen LogP contribution in [0.3, 0.4) is 0 Å². The van der Waals surface area contributed by atoms with E-state index in [1.54, 1.807) is 130 Å². The van der Waals surface area contributed by atoms with Crippen LogP contribution < -0.4 is 53.6 Å². The molecule has 0 bridgehead atoms. The van der Waals surface area contributed by atoms with Crippen LogP contribution in [0.25, 0.3) is 10.1 Å². The van der Waals surface area contributed by atoms with Crippen LogP contribution >= 0.6 is 23.1 Å². The number of hydrogen-bond acceptors (Lipinski definition) is 20. The quantitative estimate of drug-likeness (QED) is 0.0438. The van der Waals surface area contributed by atoms with E-state index in [9.17, 15) is 58.5 Å². The number of carboxylic acids is 1. The number of phenols is 2. The first-order valence-corrected chi connectivity index (χ1v) is 44.6. The number of hydrogen-bond donors (Lipinski definition) is 13. The maximum absolute atomic E-state index is 15.5. The number of thioether (sulfide) groups is 1. The molecule has 0 radical (unpaired) electrons. The van der Waals surface area contributed by atoms with Crippen LogP contribution in [0, 0.1) is 11.8 Å². The Kier molecular flexibility index (Phi) is 38.6. The SMILES string of the molecule is CCCCC1C(=O)N(C)CC(=O)NC(CC(=O)O)C(=O)NC(C(C)C)C(=O)N(C)C(Cc2ccccc2)C(=O)NC(Cc2ccc(O)cc2)C(=O)N(C)CC(=O)NC(Cc2csc3ccccc23)C(=O)NC(Cc2ccc(O)cc2)C(=O)NC(CC(C)C)C(=O)NC(C(=O)NCC(N)=O)CSCC(=O)NC(Cc2ccccc2)C(=O)N(C)C(Cc2ccccc2)C(=O)N1C. The summed E-state index contributed by atoms with van der Waals surface area (Å²) in [5.74, 6) is -17.3. The summed E-state index contributed by atoms with van der Waals surface area (Å²) in [5.41, 5.74) is 8.55. The van der Waals surface area contributed by atoms with Gasteiger partial charge in [0.1, 0.15) is 78.0 Å². The highest BCUT2D eigenvalue weighted by atomic mass is 32.2. The second kappa shape index (κ2) is 49.2. The zero-order valence-corrected chi connectivity index (χ0v) is 75.6. The third-order valence-corrected chi connectivity index (χ3v) is 24.0. The lowest BCUT2D eigenvalue weighted by Crippen LogP contribution is -2.61. The maximum atomic E-state index is 15.5. The predicted molar refractivity (Wildman–Crippen MR) is 486 cm³/mol. The molecule has 11 unspecified atom stereocenters. The van der Waals surface area contributed by atoms with Gasteiger partial charge in [-0.2, -0.15) is 0 Å². The highest BCUT2D eigenvalue weighted by molar-refractivity contribution is 8.00. The summed E-state index contributed by atoms with van der Waals surface area (Å²) in [5, 5.41) is 57.5. The number of aliphatic carboxylic acids is 1. The second-order valence-electron chi connectivity index (χ2n) is 33.0. The van der Waals surface area contributed by atoms with Gasteiger partial charge in [0.25, 0.3) is 0 Å². The number of carbonyl (C=O) groups is 16. The number of carbonyl (C=O) groups excluding carboxylic acids is 15. The van der Waals surface area contributed by atoms with Crippen LogP contribution in [0.15, 0.2) is 169 Å². The van der Waals surface area contributed by atoms with Crippen molar-refractivity contribution in [3.63, 3.8) is 0 Å². The number of carboxylic acid groups (broad SMARTS) is 1. The van der Waals surface area contributed by atoms with Crippen molar-refractivity contribution in [3.8, 4) is 11.5 Å². The van der Waals surface area contributed by atoms with E-state index in [0.717, 1.165) is 36.5 Å². The summed E-state index contributed by atoms with van der Waals surface area (Å²) in [4.78, 5) is 240. The standard InChI is InChI=1S/C93H117N15O19S2/c1-11-12-31-73-91(125)105(7)51-79(113)97-69(48-81(115)116)87(121)103-82(56(4)5)93(127)107(9)74(45-58-26-18-14-19-27-58)88(122)101-70(44-61-35-39-64(110)40-36-61)89(123)104(6)50-78(112)96-68(47-62-52-129-76-32-23-22-30-65(62)76)86(120)100-67(42-60-33-37-63(109)38-34-60)85(119)99-66(41-55(2)3)84(118)102-72(83(117)95-49-77(94)111)53-128-54-80(114)98-71(43-57-24-16-13-17-25-57)90(124)108(10)75(92(126)106(73)8)46-59-28-20-15-21-29-59/h13-30,32-40,52,55-56,66-75,82,109-110H,11-12,31,41-51,53-54H2,1-10H3,(H2,94,111)(H,95,117)(H,96,112)(H,97,113)(H,98,114)(H,99,119)(H,100,120)(H,101,122)(H,102,118)(H,103,121)(H,115,116). The Morgan fingerprint density at radius 3 is 1.43 bits per heavy atom. The van der Waals surface area contributed by atoms with Gasteiger partial charge < -0.3 is 93.4 Å². The van der Waals surface area contributed by atoms with Crippen LogP contribution in [-0.2, 0) is 115 Å². The lowest BCUT2D eigenvalue weighted by molar-refractivity contribution is -0.151. The molecule has 7 aromatic rings. The van der Waals surface area contributed by atoms with Gasteiger partial charge in [-0.25, -0.2) is 0 Å². The van der Waals surface area contributed by atoms with Crippen molar-refractivity contribution >= 4 is 128 Å². The molecule has 11 atom stereocenters. The summed E-state index contributed by atoms with van der Waals surface area (Å²) in [7, 11) is 6.55. The number of primary amides is 1. The van der Waals surface area contributed by atoms with Gasteiger partial charge in [0, 0.05) is 84.2 Å². The minimum atomic E-state index is -1.90. The normalized spacial score (nSPS) is 21.9. The van der Waals surface area contributed by atoms with Crippen molar-refractivity contribution < 1.29 is 92.0 Å². The van der Waals surface area contributed by atoms with Gasteiger partial charge in [0.2, 0.25) is 88.6 Å². The van der Waals surface area contributed by atoms with Gasteiger partial charge >= 0.3 is 5.97 Å². The van der Waals surface area contributed by atoms with Crippen molar-refractivity contribution in [3.05, 3.63) is 203 Å². The van der Waals surface area contributed by atoms with Gasteiger partial charge in [0.05, 0.1) is 31.8 Å². The average Bonchev–Trinajstić information content (AvgIpc) is 1.50. The number of benzene rings is 6. The van der Waals surface area contributed by atoms with Gasteiger partial charge in [-0.15, -0.1) is 23.1 Å². The number of unbranched alkanes of at least 4 members (excludes halogenated alkanes) is 1. The lowest BCUT2D eigenvalue weighted by Gasteiger charge is -2.37. The minimum absolute atomic E-state index is 0.0308. The van der Waals surface area contributed by atoms with E-state index in [-0.39, 0.29) is 74.5 Å². The zero-order valence-electron chi connectivity index (χ0n) is 74.0. The first kappa shape index (κ1) is 101. The molecule has 8 rings (SSSR count). The van der Waals surface area contributed by atoms with E-state index in [4.69, 9.17) is 5.73 Å². The zero-order chi connectivity index (χ0) is 94.3. The number of nitrogens with one attached hydrogen (secondary N) is 9. The van der Waals surface area contributed by atoms with Gasteiger partial charge in [-0.05, 0) is 99.2 Å². The third kappa shape index (κ3) is 30.8. The van der Waals surface area contributed by atoms with Crippen LogP contribution in [0.5, 0.6) is 11.5 Å². The molecule has 34 nitrogen and oxygen atoms in total. The number of amides is 15. The molecule has 2 heterocycles. The molecule has 690 valence electrons. The molecule has 36 heteroatoms. The van der Waals surface area contributed by atoms with Crippen molar-refractivity contribution in [2.45, 2.75) is 172 Å². The molecular weight excluding hydrogens is 1700 g/mol. The first-order valence-electron chi connectivity index (χ1n) is 42.6. The van der Waals surface area contributed by atoms with Crippen LogP contribution in [0.4, 0.5) is 0 Å². The Morgan fingerprint density at radius 2 is 0.899 bits per heavy atom. The first-order chi connectivity index (χ1) is 61.4. The number of aromatic hydroxyl groups is 2. The summed E-state index contributed by atoms with van der Waals surface area (Å²) in [6.45, 7) is 6.20. The fraction of sp³-hybridized carbons (Fsp3) is 0.419. The van der Waals surface area contributed by atoms with Gasteiger partial charge in [-0.3, -0.25) is 76.7 Å². The second-order valence-corrected chi connectivity index (χ2v) is 34.9. The molecule has 1 fully saturated rings. The van der Waals surface area contributed by atoms with E-state index in [1.165, 1.54) is 105 Å². The molecule has 6 aromatic carbocycles. The number of fused-ring (bicyclic) bond motifs is 1. The van der Waals surface area contributed by atoms with Gasteiger partial charge in [0.15, 0.2) is 0 Å².